The highest BCUT2D eigenvalue weighted by molar-refractivity contribution is 7.99. The summed E-state index contributed by atoms with van der Waals surface area (Å²) >= 11 is 1.50. The molecule has 1 aliphatic rings. The van der Waals surface area contributed by atoms with Crippen molar-refractivity contribution in [3.63, 3.8) is 0 Å². The minimum absolute atomic E-state index is 0.288. The Morgan fingerprint density at radius 1 is 0.865 bits per heavy atom. The van der Waals surface area contributed by atoms with Crippen molar-refractivity contribution in [3.8, 4) is 0 Å². The monoisotopic (exact) mass is 517 g/mol. The first-order valence-corrected chi connectivity index (χ1v) is 13.1. The van der Waals surface area contributed by atoms with Gasteiger partial charge in [0.2, 0.25) is 0 Å². The van der Waals surface area contributed by atoms with Crippen LogP contribution in [0, 0.1) is 0 Å². The second kappa shape index (κ2) is 14.6. The molecule has 0 aliphatic carbocycles. The van der Waals surface area contributed by atoms with E-state index in [1.165, 1.54) is 11.8 Å². The largest absolute Gasteiger partial charge is 0.374 e. The zero-order valence-electron chi connectivity index (χ0n) is 20.5. The summed E-state index contributed by atoms with van der Waals surface area (Å²) in [5.41, 5.74) is 11.0. The smallest absolute Gasteiger partial charge is 0.119 e. The summed E-state index contributed by atoms with van der Waals surface area (Å²) in [6, 6.07) is 29.1. The predicted molar refractivity (Wildman–Crippen MR) is 145 cm³/mol. The van der Waals surface area contributed by atoms with E-state index in [1.807, 2.05) is 91.0 Å². The van der Waals surface area contributed by atoms with Crippen LogP contribution < -0.4 is 0 Å². The van der Waals surface area contributed by atoms with Gasteiger partial charge in [-0.25, -0.2) is 0 Å². The second-order valence-corrected chi connectivity index (χ2v) is 9.69. The summed E-state index contributed by atoms with van der Waals surface area (Å²) in [5, 5.41) is 4.14. The summed E-state index contributed by atoms with van der Waals surface area (Å²) in [7, 11) is 0. The number of hydrogen-bond donors (Lipinski definition) is 0. The van der Waals surface area contributed by atoms with E-state index in [-0.39, 0.29) is 6.61 Å². The standard InChI is InChI=1S/C29H31N3O4S/c1-2-18-34-27-25(21-33-19-22-12-6-3-7-13-22)36-29(37-24-16-10-5-11-17-24)26(31-32-30)28(27)35-20-23-14-8-4-9-15-23/h2-17,25-29H,1,18-21H2/t25-,26-,27-,28-,29+/m1/s1. The lowest BCUT2D eigenvalue weighted by Crippen LogP contribution is -2.59. The third kappa shape index (κ3) is 7.94. The molecule has 192 valence electrons. The summed E-state index contributed by atoms with van der Waals surface area (Å²) in [6.07, 6.45) is 0.150. The van der Waals surface area contributed by atoms with Crippen molar-refractivity contribution in [3.05, 3.63) is 125 Å². The van der Waals surface area contributed by atoms with Gasteiger partial charge in [-0.3, -0.25) is 0 Å². The van der Waals surface area contributed by atoms with Gasteiger partial charge in [0.25, 0.3) is 0 Å². The van der Waals surface area contributed by atoms with Gasteiger partial charge in [0.1, 0.15) is 23.7 Å². The Balaban J connectivity index is 1.59. The van der Waals surface area contributed by atoms with E-state index >= 15 is 0 Å². The minimum atomic E-state index is -0.626. The Morgan fingerprint density at radius 2 is 1.49 bits per heavy atom. The fourth-order valence-electron chi connectivity index (χ4n) is 4.14. The highest BCUT2D eigenvalue weighted by atomic mass is 32.2. The third-order valence-electron chi connectivity index (χ3n) is 5.88. The number of hydrogen-bond acceptors (Lipinski definition) is 6. The molecule has 8 heteroatoms. The molecule has 7 nitrogen and oxygen atoms in total. The van der Waals surface area contributed by atoms with Gasteiger partial charge >= 0.3 is 0 Å². The van der Waals surface area contributed by atoms with E-state index in [2.05, 4.69) is 16.6 Å². The molecule has 1 saturated heterocycles. The van der Waals surface area contributed by atoms with Crippen LogP contribution in [0.25, 0.3) is 10.4 Å². The Kier molecular flexibility index (Phi) is 10.6. The molecule has 3 aromatic carbocycles. The molecular formula is C29H31N3O4S. The summed E-state index contributed by atoms with van der Waals surface area (Å²) in [6.45, 7) is 5.17. The highest BCUT2D eigenvalue weighted by Gasteiger charge is 2.47. The lowest BCUT2D eigenvalue weighted by atomic mass is 9.98. The Morgan fingerprint density at radius 3 is 2.11 bits per heavy atom. The van der Waals surface area contributed by atoms with Crippen molar-refractivity contribution < 1.29 is 18.9 Å². The first kappa shape index (κ1) is 26.9. The molecule has 4 rings (SSSR count). The van der Waals surface area contributed by atoms with Gasteiger partial charge in [-0.2, -0.15) is 0 Å². The van der Waals surface area contributed by atoms with Gasteiger partial charge in [-0.05, 0) is 28.8 Å². The maximum Gasteiger partial charge on any atom is 0.119 e. The van der Waals surface area contributed by atoms with Gasteiger partial charge in [0, 0.05) is 9.81 Å². The number of rotatable bonds is 13. The second-order valence-electron chi connectivity index (χ2n) is 8.52. The molecule has 0 N–H and O–H groups in total. The van der Waals surface area contributed by atoms with Crippen molar-refractivity contribution in [2.45, 2.75) is 47.9 Å². The van der Waals surface area contributed by atoms with Crippen molar-refractivity contribution in [1.29, 1.82) is 0 Å². The number of nitrogens with zero attached hydrogens (tertiary/aromatic N) is 3. The topological polar surface area (TPSA) is 85.7 Å². The van der Waals surface area contributed by atoms with Crippen LogP contribution in [-0.4, -0.2) is 43.0 Å². The molecule has 0 radical (unpaired) electrons. The van der Waals surface area contributed by atoms with Crippen LogP contribution in [0.2, 0.25) is 0 Å². The summed E-state index contributed by atoms with van der Waals surface area (Å²) in [5.74, 6) is 0. The van der Waals surface area contributed by atoms with Crippen molar-refractivity contribution >= 4 is 11.8 Å². The first-order valence-electron chi connectivity index (χ1n) is 12.2. The van der Waals surface area contributed by atoms with Gasteiger partial charge in [0.15, 0.2) is 0 Å². The summed E-state index contributed by atoms with van der Waals surface area (Å²) < 4.78 is 25.2. The average Bonchev–Trinajstić information content (AvgIpc) is 2.94. The predicted octanol–water partition coefficient (Wildman–Crippen LogP) is 6.56. The van der Waals surface area contributed by atoms with E-state index < -0.39 is 29.8 Å². The zero-order valence-corrected chi connectivity index (χ0v) is 21.4. The van der Waals surface area contributed by atoms with Crippen LogP contribution in [0.4, 0.5) is 0 Å². The zero-order chi connectivity index (χ0) is 25.7. The van der Waals surface area contributed by atoms with Gasteiger partial charge in [0.05, 0.1) is 32.5 Å². The Labute approximate surface area is 222 Å². The molecule has 0 saturated carbocycles. The lowest BCUT2D eigenvalue weighted by molar-refractivity contribution is -0.204. The normalized spacial score (nSPS) is 23.2. The van der Waals surface area contributed by atoms with Crippen molar-refractivity contribution in [2.24, 2.45) is 5.11 Å². The molecule has 0 aromatic heterocycles. The number of benzene rings is 3. The maximum absolute atomic E-state index is 9.46. The molecule has 0 bridgehead atoms. The number of thioether (sulfide) groups is 1. The Hall–Kier alpha value is -3.10. The Bertz CT molecular complexity index is 1130. The molecule has 1 fully saturated rings. The van der Waals surface area contributed by atoms with Crippen LogP contribution in [0.3, 0.4) is 0 Å². The fourth-order valence-corrected chi connectivity index (χ4v) is 5.27. The van der Waals surface area contributed by atoms with E-state index in [0.717, 1.165) is 16.0 Å². The molecule has 37 heavy (non-hydrogen) atoms. The molecule has 1 heterocycles. The van der Waals surface area contributed by atoms with Gasteiger partial charge in [-0.15, -0.1) is 6.58 Å². The molecule has 0 spiro atoms. The van der Waals surface area contributed by atoms with E-state index in [4.69, 9.17) is 18.9 Å². The van der Waals surface area contributed by atoms with Crippen LogP contribution >= 0.6 is 11.8 Å². The van der Waals surface area contributed by atoms with Crippen LogP contribution in [0.5, 0.6) is 0 Å². The van der Waals surface area contributed by atoms with Crippen molar-refractivity contribution in [1.82, 2.24) is 0 Å². The van der Waals surface area contributed by atoms with E-state index in [9.17, 15) is 5.53 Å². The molecule has 0 amide bonds. The van der Waals surface area contributed by atoms with Gasteiger partial charge in [-0.1, -0.05) is 102 Å². The number of azide groups is 1. The fraction of sp³-hybridized carbons (Fsp3) is 0.310. The third-order valence-corrected chi connectivity index (χ3v) is 7.05. The first-order chi connectivity index (χ1) is 18.3. The quantitative estimate of drug-likeness (QED) is 0.111. The molecule has 3 aromatic rings. The number of ether oxygens (including phenoxy) is 4. The lowest BCUT2D eigenvalue weighted by Gasteiger charge is -2.44. The van der Waals surface area contributed by atoms with Crippen molar-refractivity contribution in [2.75, 3.05) is 13.2 Å². The van der Waals surface area contributed by atoms with E-state index in [0.29, 0.717) is 19.8 Å². The van der Waals surface area contributed by atoms with E-state index in [1.54, 1.807) is 6.08 Å². The SMILES string of the molecule is C=CCO[C@H]1[C@H](OCc2ccccc2)[C@@H](N=[N+]=[N-])[C@H](Sc2ccccc2)O[C@@H]1COCc1ccccc1. The van der Waals surface area contributed by atoms with Crippen LogP contribution in [0.15, 0.2) is 114 Å². The minimum Gasteiger partial charge on any atom is -0.374 e. The summed E-state index contributed by atoms with van der Waals surface area (Å²) in [4.78, 5) is 4.14. The molecule has 0 unspecified atom stereocenters. The molecule has 5 atom stereocenters. The van der Waals surface area contributed by atoms with Crippen LogP contribution in [-0.2, 0) is 32.2 Å². The molecular weight excluding hydrogens is 486 g/mol. The van der Waals surface area contributed by atoms with Crippen LogP contribution in [0.1, 0.15) is 11.1 Å². The van der Waals surface area contributed by atoms with Gasteiger partial charge < -0.3 is 18.9 Å². The highest BCUT2D eigenvalue weighted by Crippen LogP contribution is 2.37. The maximum atomic E-state index is 9.46. The average molecular weight is 518 g/mol. The molecule has 1 aliphatic heterocycles.